The number of carbonyl (C=O) groups is 2. The quantitative estimate of drug-likeness (QED) is 0.162. The van der Waals surface area contributed by atoms with Crippen LogP contribution in [0.4, 0.5) is 4.39 Å². The predicted molar refractivity (Wildman–Crippen MR) is 177 cm³/mol. The van der Waals surface area contributed by atoms with Gasteiger partial charge in [-0.1, -0.05) is 53.7 Å². The summed E-state index contributed by atoms with van der Waals surface area (Å²) in [5.41, 5.74) is 3.98. The number of nitrogens with one attached hydrogen (secondary N) is 1. The average Bonchev–Trinajstić information content (AvgIpc) is 3.84. The van der Waals surface area contributed by atoms with Crippen molar-refractivity contribution < 1.29 is 18.7 Å². The lowest BCUT2D eigenvalue weighted by Crippen LogP contribution is -2.28. The predicted octanol–water partition coefficient (Wildman–Crippen LogP) is 6.58. The van der Waals surface area contributed by atoms with Crippen LogP contribution in [0.2, 0.25) is 0 Å². The van der Waals surface area contributed by atoms with Gasteiger partial charge in [-0.25, -0.2) is 9.40 Å². The van der Waals surface area contributed by atoms with E-state index in [9.17, 15) is 14.0 Å². The maximum Gasteiger partial charge on any atom is 0.253 e. The molecule has 5 aromatic rings. The highest BCUT2D eigenvalue weighted by molar-refractivity contribution is 7.99. The third-order valence-corrected chi connectivity index (χ3v) is 9.19. The molecule has 0 saturated carbocycles. The van der Waals surface area contributed by atoms with Gasteiger partial charge in [-0.3, -0.25) is 14.2 Å². The van der Waals surface area contributed by atoms with Gasteiger partial charge in [0.25, 0.3) is 11.8 Å². The standard InChI is InChI=1S/C34H31FN6O3S2/c1-3-44-27-15-13-26(14-16-27)40-31(20-36-33(43)24-6-4-7-25(35)18-24)37-38-34(40)46-21-32(42)41-29(23-11-9-22(2)10-12-23)19-28(39-41)30-8-5-17-45-30/h4-18,29H,3,19-21H2,1-2H3,(H,36,43). The zero-order chi connectivity index (χ0) is 32.0. The Labute approximate surface area is 274 Å². The highest BCUT2D eigenvalue weighted by Crippen LogP contribution is 2.35. The number of aryl methyl sites for hydroxylation is 1. The van der Waals surface area contributed by atoms with Crippen LogP contribution in [0.15, 0.2) is 101 Å². The Morgan fingerprint density at radius 1 is 1.04 bits per heavy atom. The average molecular weight is 655 g/mol. The number of hydrogen-bond acceptors (Lipinski definition) is 8. The smallest absolute Gasteiger partial charge is 0.253 e. The first-order valence-electron chi connectivity index (χ1n) is 14.7. The fourth-order valence-corrected chi connectivity index (χ4v) is 6.63. The van der Waals surface area contributed by atoms with Crippen molar-refractivity contribution in [2.45, 2.75) is 38.0 Å². The van der Waals surface area contributed by atoms with Gasteiger partial charge < -0.3 is 10.1 Å². The number of carbonyl (C=O) groups excluding carboxylic acids is 2. The molecule has 0 spiro atoms. The molecule has 46 heavy (non-hydrogen) atoms. The molecule has 2 amide bonds. The summed E-state index contributed by atoms with van der Waals surface area (Å²) in [5, 5.41) is 20.4. The molecular weight excluding hydrogens is 624 g/mol. The molecule has 9 nitrogen and oxygen atoms in total. The zero-order valence-corrected chi connectivity index (χ0v) is 26.9. The maximum atomic E-state index is 13.8. The molecule has 1 unspecified atom stereocenters. The number of aromatic nitrogens is 3. The number of hydrazone groups is 1. The summed E-state index contributed by atoms with van der Waals surface area (Å²) in [7, 11) is 0. The summed E-state index contributed by atoms with van der Waals surface area (Å²) in [6.07, 6.45) is 0.623. The topological polar surface area (TPSA) is 102 Å². The second-order valence-electron chi connectivity index (χ2n) is 10.5. The molecule has 1 aliphatic rings. The van der Waals surface area contributed by atoms with Crippen LogP contribution in [0.3, 0.4) is 0 Å². The molecule has 0 fully saturated rings. The Balaban J connectivity index is 1.24. The fraction of sp³-hybridized carbons (Fsp3) is 0.206. The second-order valence-corrected chi connectivity index (χ2v) is 12.4. The monoisotopic (exact) mass is 654 g/mol. The van der Waals surface area contributed by atoms with E-state index in [4.69, 9.17) is 9.84 Å². The van der Waals surface area contributed by atoms with Crippen LogP contribution < -0.4 is 10.1 Å². The van der Waals surface area contributed by atoms with Crippen molar-refractivity contribution in [3.63, 3.8) is 0 Å². The minimum atomic E-state index is -0.497. The van der Waals surface area contributed by atoms with E-state index in [2.05, 4.69) is 15.5 Å². The van der Waals surface area contributed by atoms with E-state index in [0.29, 0.717) is 29.8 Å². The molecule has 1 aliphatic heterocycles. The second kappa shape index (κ2) is 14.1. The number of thioether (sulfide) groups is 1. The van der Waals surface area contributed by atoms with Gasteiger partial charge in [0.2, 0.25) is 0 Å². The number of thiophene rings is 1. The first kappa shape index (κ1) is 31.2. The lowest BCUT2D eigenvalue weighted by molar-refractivity contribution is -0.130. The van der Waals surface area contributed by atoms with Gasteiger partial charge in [-0.15, -0.1) is 21.5 Å². The number of hydrogen-bond donors (Lipinski definition) is 1. The van der Waals surface area contributed by atoms with Crippen LogP contribution in [-0.4, -0.2) is 49.7 Å². The number of ether oxygens (including phenoxy) is 1. The van der Waals surface area contributed by atoms with Crippen molar-refractivity contribution in [2.75, 3.05) is 12.4 Å². The largest absolute Gasteiger partial charge is 0.494 e. The van der Waals surface area contributed by atoms with Gasteiger partial charge in [0.05, 0.1) is 35.5 Å². The summed E-state index contributed by atoms with van der Waals surface area (Å²) in [5.74, 6) is 0.114. The number of benzene rings is 3. The Kier molecular flexibility index (Phi) is 9.55. The molecule has 0 bridgehead atoms. The summed E-state index contributed by atoms with van der Waals surface area (Å²) in [6.45, 7) is 4.51. The molecule has 0 saturated heterocycles. The molecule has 0 aliphatic carbocycles. The molecule has 1 N–H and O–H groups in total. The van der Waals surface area contributed by atoms with E-state index in [-0.39, 0.29) is 29.8 Å². The van der Waals surface area contributed by atoms with Gasteiger partial charge in [-0.2, -0.15) is 5.10 Å². The van der Waals surface area contributed by atoms with Crippen molar-refractivity contribution in [2.24, 2.45) is 5.10 Å². The van der Waals surface area contributed by atoms with Crippen LogP contribution in [0.1, 0.15) is 51.6 Å². The Bertz CT molecular complexity index is 1860. The van der Waals surface area contributed by atoms with E-state index in [1.807, 2.05) is 79.9 Å². The molecule has 3 heterocycles. The highest BCUT2D eigenvalue weighted by Gasteiger charge is 2.33. The van der Waals surface area contributed by atoms with Crippen molar-refractivity contribution in [1.82, 2.24) is 25.1 Å². The summed E-state index contributed by atoms with van der Waals surface area (Å²) in [4.78, 5) is 27.6. The number of nitrogens with zero attached hydrogens (tertiary/aromatic N) is 5. The highest BCUT2D eigenvalue weighted by atomic mass is 32.2. The third kappa shape index (κ3) is 7.03. The van der Waals surface area contributed by atoms with Crippen LogP contribution >= 0.6 is 23.1 Å². The number of amides is 2. The van der Waals surface area contributed by atoms with Gasteiger partial charge >= 0.3 is 0 Å². The summed E-state index contributed by atoms with van der Waals surface area (Å²) < 4.78 is 21.1. The van der Waals surface area contributed by atoms with Crippen LogP contribution in [0, 0.1) is 12.7 Å². The molecule has 234 valence electrons. The van der Waals surface area contributed by atoms with Gasteiger partial charge in [-0.05, 0) is 73.3 Å². The van der Waals surface area contributed by atoms with Crippen LogP contribution in [0.25, 0.3) is 5.69 Å². The summed E-state index contributed by atoms with van der Waals surface area (Å²) in [6, 6.07) is 24.9. The van der Waals surface area contributed by atoms with E-state index in [1.165, 1.54) is 36.0 Å². The third-order valence-electron chi connectivity index (χ3n) is 7.36. The maximum absolute atomic E-state index is 13.8. The Morgan fingerprint density at radius 2 is 1.85 bits per heavy atom. The lowest BCUT2D eigenvalue weighted by Gasteiger charge is -2.22. The Hall–Kier alpha value is -4.81. The fourth-order valence-electron chi connectivity index (χ4n) is 5.09. The van der Waals surface area contributed by atoms with Crippen molar-refractivity contribution in [3.8, 4) is 11.4 Å². The minimum absolute atomic E-state index is 0.0279. The van der Waals surface area contributed by atoms with E-state index >= 15 is 0 Å². The van der Waals surface area contributed by atoms with Gasteiger partial charge in [0.1, 0.15) is 11.6 Å². The molecule has 12 heteroatoms. The molecule has 1 atom stereocenters. The number of halogens is 1. The minimum Gasteiger partial charge on any atom is -0.494 e. The first-order chi connectivity index (χ1) is 22.4. The molecule has 2 aromatic heterocycles. The zero-order valence-electron chi connectivity index (χ0n) is 25.2. The normalized spacial score (nSPS) is 14.3. The van der Waals surface area contributed by atoms with Crippen molar-refractivity contribution in [3.05, 3.63) is 124 Å². The van der Waals surface area contributed by atoms with E-state index < -0.39 is 11.7 Å². The Morgan fingerprint density at radius 3 is 2.57 bits per heavy atom. The van der Waals surface area contributed by atoms with Gasteiger partial charge in [0, 0.05) is 17.7 Å². The van der Waals surface area contributed by atoms with E-state index in [0.717, 1.165) is 27.4 Å². The van der Waals surface area contributed by atoms with Gasteiger partial charge in [0.15, 0.2) is 11.0 Å². The first-order valence-corrected chi connectivity index (χ1v) is 16.6. The van der Waals surface area contributed by atoms with E-state index in [1.54, 1.807) is 20.9 Å². The van der Waals surface area contributed by atoms with Crippen molar-refractivity contribution >= 4 is 40.6 Å². The van der Waals surface area contributed by atoms with Crippen LogP contribution in [-0.2, 0) is 11.3 Å². The molecule has 0 radical (unpaired) electrons. The van der Waals surface area contributed by atoms with Crippen molar-refractivity contribution in [1.29, 1.82) is 0 Å². The molecule has 3 aromatic carbocycles. The lowest BCUT2D eigenvalue weighted by atomic mass is 10.00. The molecular formula is C34H31FN6O3S2. The summed E-state index contributed by atoms with van der Waals surface area (Å²) >= 11 is 2.84. The molecule has 6 rings (SSSR count). The number of rotatable bonds is 11. The van der Waals surface area contributed by atoms with Crippen LogP contribution in [0.5, 0.6) is 5.75 Å². The SMILES string of the molecule is CCOc1ccc(-n2c(CNC(=O)c3cccc(F)c3)nnc2SCC(=O)N2N=C(c3cccs3)CC2c2ccc(C)cc2)cc1.